The Balaban J connectivity index is 2.18. The van der Waals surface area contributed by atoms with Crippen molar-refractivity contribution in [2.24, 2.45) is 0 Å². The fourth-order valence-corrected chi connectivity index (χ4v) is 1.50. The van der Waals surface area contributed by atoms with Gasteiger partial charge in [-0.25, -0.2) is 4.79 Å². The zero-order valence-electron chi connectivity index (χ0n) is 8.86. The maximum absolute atomic E-state index is 11.5. The van der Waals surface area contributed by atoms with E-state index in [1.54, 1.807) is 13.0 Å². The van der Waals surface area contributed by atoms with Gasteiger partial charge in [0.05, 0.1) is 0 Å². The van der Waals surface area contributed by atoms with Crippen LogP contribution >= 0.6 is 0 Å². The summed E-state index contributed by atoms with van der Waals surface area (Å²) in [4.78, 5) is 22.5. The third kappa shape index (κ3) is 1.95. The molecule has 4 nitrogen and oxygen atoms in total. The van der Waals surface area contributed by atoms with Crippen LogP contribution in [0.15, 0.2) is 36.4 Å². The fraction of sp³-hybridized carbons (Fsp3) is 0.167. The molecule has 1 atom stereocenters. The maximum atomic E-state index is 11.5. The first-order valence-electron chi connectivity index (χ1n) is 4.98. The molecule has 82 valence electrons. The summed E-state index contributed by atoms with van der Waals surface area (Å²) in [5.41, 5.74) is 0.0325. The highest BCUT2D eigenvalue weighted by atomic mass is 16.2. The van der Waals surface area contributed by atoms with E-state index in [0.717, 1.165) is 5.56 Å². The predicted molar refractivity (Wildman–Crippen MR) is 60.6 cm³/mol. The van der Waals surface area contributed by atoms with Crippen LogP contribution in [-0.4, -0.2) is 17.5 Å². The van der Waals surface area contributed by atoms with Crippen LogP contribution in [0.1, 0.15) is 12.5 Å². The number of benzene rings is 1. The molecular weight excluding hydrogens is 204 g/mol. The summed E-state index contributed by atoms with van der Waals surface area (Å²) in [6.45, 7) is 1.66. The van der Waals surface area contributed by atoms with Gasteiger partial charge in [0, 0.05) is 0 Å². The van der Waals surface area contributed by atoms with Crippen LogP contribution < -0.4 is 10.6 Å². The number of nitrogens with one attached hydrogen (secondary N) is 2. The molecule has 0 radical (unpaired) electrons. The number of hydrogen-bond donors (Lipinski definition) is 2. The van der Waals surface area contributed by atoms with Crippen molar-refractivity contribution in [3.8, 4) is 0 Å². The zero-order valence-corrected chi connectivity index (χ0v) is 8.86. The Hall–Kier alpha value is -2.10. The van der Waals surface area contributed by atoms with Crippen molar-refractivity contribution in [1.82, 2.24) is 10.6 Å². The Labute approximate surface area is 93.3 Å². The molecule has 1 aromatic rings. The molecule has 0 unspecified atom stereocenters. The highest BCUT2D eigenvalue weighted by Crippen LogP contribution is 2.13. The Kier molecular flexibility index (Phi) is 2.48. The number of hydrogen-bond acceptors (Lipinski definition) is 2. The second-order valence-electron chi connectivity index (χ2n) is 3.85. The van der Waals surface area contributed by atoms with Gasteiger partial charge in [-0.1, -0.05) is 36.4 Å². The highest BCUT2D eigenvalue weighted by Gasteiger charge is 2.39. The molecule has 16 heavy (non-hydrogen) atoms. The molecule has 0 saturated carbocycles. The lowest BCUT2D eigenvalue weighted by Crippen LogP contribution is -2.41. The van der Waals surface area contributed by atoms with Gasteiger partial charge in [-0.3, -0.25) is 10.1 Å². The van der Waals surface area contributed by atoms with E-state index in [9.17, 15) is 9.59 Å². The zero-order chi connectivity index (χ0) is 11.6. The molecule has 1 saturated heterocycles. The maximum Gasteiger partial charge on any atom is 0.322 e. The first-order chi connectivity index (χ1) is 7.60. The van der Waals surface area contributed by atoms with Crippen LogP contribution in [0.3, 0.4) is 0 Å². The Morgan fingerprint density at radius 1 is 1.19 bits per heavy atom. The van der Waals surface area contributed by atoms with Gasteiger partial charge in [0.1, 0.15) is 5.54 Å². The van der Waals surface area contributed by atoms with E-state index in [1.165, 1.54) is 0 Å². The van der Waals surface area contributed by atoms with Gasteiger partial charge in [-0.05, 0) is 18.6 Å². The third-order valence-corrected chi connectivity index (χ3v) is 2.48. The molecule has 4 heteroatoms. The van der Waals surface area contributed by atoms with Gasteiger partial charge in [-0.15, -0.1) is 0 Å². The van der Waals surface area contributed by atoms with Crippen molar-refractivity contribution in [1.29, 1.82) is 0 Å². The van der Waals surface area contributed by atoms with Crippen molar-refractivity contribution in [2.45, 2.75) is 12.5 Å². The van der Waals surface area contributed by atoms with Gasteiger partial charge in [-0.2, -0.15) is 0 Å². The van der Waals surface area contributed by atoms with Gasteiger partial charge in [0.15, 0.2) is 0 Å². The number of imide groups is 1. The molecule has 1 aromatic carbocycles. The molecule has 1 fully saturated rings. The molecule has 0 aromatic heterocycles. The summed E-state index contributed by atoms with van der Waals surface area (Å²) < 4.78 is 0. The van der Waals surface area contributed by atoms with Gasteiger partial charge < -0.3 is 5.32 Å². The van der Waals surface area contributed by atoms with Crippen molar-refractivity contribution in [3.63, 3.8) is 0 Å². The van der Waals surface area contributed by atoms with E-state index in [0.29, 0.717) is 0 Å². The first kappa shape index (κ1) is 10.4. The summed E-state index contributed by atoms with van der Waals surface area (Å²) in [5.74, 6) is -0.329. The lowest BCUT2D eigenvalue weighted by Gasteiger charge is -2.14. The summed E-state index contributed by atoms with van der Waals surface area (Å²) in [6.07, 6.45) is 3.49. The molecule has 3 amide bonds. The average Bonchev–Trinajstić information content (AvgIpc) is 2.52. The molecular formula is C12H12N2O2. The van der Waals surface area contributed by atoms with Crippen LogP contribution in [0.4, 0.5) is 4.79 Å². The minimum Gasteiger partial charge on any atom is -0.320 e. The predicted octanol–water partition coefficient (Wildman–Crippen LogP) is 1.30. The van der Waals surface area contributed by atoms with Crippen LogP contribution in [0, 0.1) is 0 Å². The van der Waals surface area contributed by atoms with Gasteiger partial charge in [0.25, 0.3) is 5.91 Å². The second-order valence-corrected chi connectivity index (χ2v) is 3.85. The lowest BCUT2D eigenvalue weighted by molar-refractivity contribution is -0.121. The van der Waals surface area contributed by atoms with E-state index in [-0.39, 0.29) is 5.91 Å². The van der Waals surface area contributed by atoms with Crippen LogP contribution in [0.5, 0.6) is 0 Å². The summed E-state index contributed by atoms with van der Waals surface area (Å²) >= 11 is 0. The van der Waals surface area contributed by atoms with Crippen molar-refractivity contribution >= 4 is 18.0 Å². The molecule has 1 aliphatic rings. The third-order valence-electron chi connectivity index (χ3n) is 2.48. The normalized spacial score (nSPS) is 24.6. The number of carbonyl (C=O) groups excluding carboxylic acids is 2. The highest BCUT2D eigenvalue weighted by molar-refractivity contribution is 6.08. The van der Waals surface area contributed by atoms with Crippen LogP contribution in [0.25, 0.3) is 6.08 Å². The number of urea groups is 1. The minimum absolute atomic E-state index is 0.329. The monoisotopic (exact) mass is 216 g/mol. The molecule has 1 aliphatic heterocycles. The van der Waals surface area contributed by atoms with E-state index in [4.69, 9.17) is 0 Å². The van der Waals surface area contributed by atoms with Crippen LogP contribution in [0.2, 0.25) is 0 Å². The van der Waals surface area contributed by atoms with Crippen molar-refractivity contribution < 1.29 is 9.59 Å². The number of amides is 3. The number of rotatable bonds is 2. The minimum atomic E-state index is -0.951. The molecule has 2 rings (SSSR count). The van der Waals surface area contributed by atoms with E-state index in [2.05, 4.69) is 10.6 Å². The molecule has 2 N–H and O–H groups in total. The Morgan fingerprint density at radius 3 is 2.44 bits per heavy atom. The SMILES string of the molecule is C[C@@]1(/C=C\c2ccccc2)NC(=O)NC1=O. The molecule has 1 heterocycles. The van der Waals surface area contributed by atoms with Crippen molar-refractivity contribution in [2.75, 3.05) is 0 Å². The van der Waals surface area contributed by atoms with Gasteiger partial charge >= 0.3 is 6.03 Å². The second kappa shape index (κ2) is 3.81. The topological polar surface area (TPSA) is 58.2 Å². The van der Waals surface area contributed by atoms with E-state index < -0.39 is 11.6 Å². The average molecular weight is 216 g/mol. The fourth-order valence-electron chi connectivity index (χ4n) is 1.50. The van der Waals surface area contributed by atoms with E-state index >= 15 is 0 Å². The standard InChI is InChI=1S/C12H12N2O2/c1-12(10(15)13-11(16)14-12)8-7-9-5-3-2-4-6-9/h2-8H,1H3,(H2,13,14,15,16)/b8-7-/t12-/m0/s1. The van der Waals surface area contributed by atoms with Crippen LogP contribution in [-0.2, 0) is 4.79 Å². The summed E-state index contributed by atoms with van der Waals surface area (Å²) in [6, 6.07) is 9.14. The Bertz CT molecular complexity index is 453. The smallest absolute Gasteiger partial charge is 0.320 e. The lowest BCUT2D eigenvalue weighted by atomic mass is 10.0. The Morgan fingerprint density at radius 2 is 1.88 bits per heavy atom. The first-order valence-corrected chi connectivity index (χ1v) is 4.98. The molecule has 0 spiro atoms. The molecule has 0 aliphatic carbocycles. The number of carbonyl (C=O) groups is 2. The molecule has 0 bridgehead atoms. The summed E-state index contributed by atoms with van der Waals surface area (Å²) in [7, 11) is 0. The summed E-state index contributed by atoms with van der Waals surface area (Å²) in [5, 5.41) is 4.77. The van der Waals surface area contributed by atoms with Crippen molar-refractivity contribution in [3.05, 3.63) is 42.0 Å². The largest absolute Gasteiger partial charge is 0.322 e. The van der Waals surface area contributed by atoms with Gasteiger partial charge in [0.2, 0.25) is 0 Å². The quantitative estimate of drug-likeness (QED) is 0.732. The van der Waals surface area contributed by atoms with E-state index in [1.807, 2.05) is 36.4 Å².